The second-order valence-electron chi connectivity index (χ2n) is 5.85. The van der Waals surface area contributed by atoms with E-state index in [1.807, 2.05) is 19.3 Å². The zero-order valence-corrected chi connectivity index (χ0v) is 12.0. The van der Waals surface area contributed by atoms with Crippen LogP contribution >= 0.6 is 0 Å². The maximum Gasteiger partial charge on any atom is 0.251 e. The van der Waals surface area contributed by atoms with Crippen LogP contribution in [0.5, 0.6) is 0 Å². The quantitative estimate of drug-likeness (QED) is 0.913. The van der Waals surface area contributed by atoms with Gasteiger partial charge in [0.2, 0.25) is 0 Å². The lowest BCUT2D eigenvalue weighted by Crippen LogP contribution is -2.18. The third-order valence-electron chi connectivity index (χ3n) is 4.14. The van der Waals surface area contributed by atoms with E-state index in [0.29, 0.717) is 11.6 Å². The van der Waals surface area contributed by atoms with E-state index < -0.39 is 0 Å². The molecule has 1 aliphatic rings. The Bertz CT molecular complexity index is 650. The van der Waals surface area contributed by atoms with E-state index in [1.165, 1.54) is 18.9 Å². The van der Waals surface area contributed by atoms with Gasteiger partial charge in [0.1, 0.15) is 11.5 Å². The molecule has 2 aromatic heterocycles. The van der Waals surface area contributed by atoms with Crippen molar-refractivity contribution in [3.05, 3.63) is 34.5 Å². The highest BCUT2D eigenvalue weighted by atomic mass is 16.1. The topological polar surface area (TPSA) is 63.6 Å². The Morgan fingerprint density at radius 1 is 1.25 bits per heavy atom. The Balaban J connectivity index is 1.93. The summed E-state index contributed by atoms with van der Waals surface area (Å²) in [7, 11) is 1.86. The molecule has 0 saturated heterocycles. The van der Waals surface area contributed by atoms with Crippen LogP contribution in [0.2, 0.25) is 0 Å². The highest BCUT2D eigenvalue weighted by Crippen LogP contribution is 2.33. The molecular weight excluding hydrogens is 252 g/mol. The summed E-state index contributed by atoms with van der Waals surface area (Å²) >= 11 is 0. The molecule has 0 bridgehead atoms. The minimum atomic E-state index is -0.0886. The van der Waals surface area contributed by atoms with E-state index in [1.54, 1.807) is 4.68 Å². The third kappa shape index (κ3) is 2.66. The van der Waals surface area contributed by atoms with Crippen LogP contribution in [-0.4, -0.2) is 19.7 Å². The minimum Gasteiger partial charge on any atom is -0.310 e. The standard InChI is InChI=1S/C15H20N4O/c1-10-3-5-11(6-4-10)15-16-13(9-14(20)17-15)12-7-8-19(2)18-12/h7-11H,3-6H2,1-2H3,(H,16,17,20). The summed E-state index contributed by atoms with van der Waals surface area (Å²) in [5, 5.41) is 4.32. The number of rotatable bonds is 2. The van der Waals surface area contributed by atoms with E-state index >= 15 is 0 Å². The zero-order chi connectivity index (χ0) is 14.1. The van der Waals surface area contributed by atoms with Crippen LogP contribution in [-0.2, 0) is 7.05 Å². The van der Waals surface area contributed by atoms with Gasteiger partial charge < -0.3 is 4.98 Å². The van der Waals surface area contributed by atoms with Crippen LogP contribution in [0.3, 0.4) is 0 Å². The third-order valence-corrected chi connectivity index (χ3v) is 4.14. The normalized spacial score (nSPS) is 22.9. The number of hydrogen-bond donors (Lipinski definition) is 1. The number of aryl methyl sites for hydroxylation is 1. The first-order chi connectivity index (χ1) is 9.61. The van der Waals surface area contributed by atoms with Gasteiger partial charge >= 0.3 is 0 Å². The van der Waals surface area contributed by atoms with Gasteiger partial charge in [0.25, 0.3) is 5.56 Å². The van der Waals surface area contributed by atoms with Crippen LogP contribution in [0.25, 0.3) is 11.4 Å². The van der Waals surface area contributed by atoms with Gasteiger partial charge in [-0.2, -0.15) is 5.10 Å². The van der Waals surface area contributed by atoms with Crippen LogP contribution < -0.4 is 5.56 Å². The summed E-state index contributed by atoms with van der Waals surface area (Å²) in [4.78, 5) is 19.4. The van der Waals surface area contributed by atoms with Gasteiger partial charge in [0.15, 0.2) is 0 Å². The summed E-state index contributed by atoms with van der Waals surface area (Å²) in [5.74, 6) is 1.99. The molecule has 5 nitrogen and oxygen atoms in total. The monoisotopic (exact) mass is 272 g/mol. The molecule has 0 aliphatic heterocycles. The lowest BCUT2D eigenvalue weighted by atomic mass is 9.82. The van der Waals surface area contributed by atoms with Gasteiger partial charge in [0.05, 0.1) is 5.69 Å². The van der Waals surface area contributed by atoms with Crippen molar-refractivity contribution >= 4 is 0 Å². The second-order valence-corrected chi connectivity index (χ2v) is 5.85. The Morgan fingerprint density at radius 3 is 2.65 bits per heavy atom. The fraction of sp³-hybridized carbons (Fsp3) is 0.533. The predicted molar refractivity (Wildman–Crippen MR) is 77.4 cm³/mol. The van der Waals surface area contributed by atoms with Crippen molar-refractivity contribution in [2.75, 3.05) is 0 Å². The van der Waals surface area contributed by atoms with Crippen molar-refractivity contribution in [2.45, 2.75) is 38.5 Å². The molecule has 0 spiro atoms. The highest BCUT2D eigenvalue weighted by molar-refractivity contribution is 5.52. The fourth-order valence-electron chi connectivity index (χ4n) is 2.89. The Hall–Kier alpha value is -1.91. The molecule has 106 valence electrons. The van der Waals surface area contributed by atoms with Crippen molar-refractivity contribution in [1.29, 1.82) is 0 Å². The molecule has 0 atom stereocenters. The van der Waals surface area contributed by atoms with Gasteiger partial charge in [-0.05, 0) is 24.8 Å². The van der Waals surface area contributed by atoms with Crippen LogP contribution in [0, 0.1) is 5.92 Å². The van der Waals surface area contributed by atoms with Gasteiger partial charge in [0, 0.05) is 25.2 Å². The largest absolute Gasteiger partial charge is 0.310 e. The first-order valence-electron chi connectivity index (χ1n) is 7.23. The van der Waals surface area contributed by atoms with Gasteiger partial charge in [-0.15, -0.1) is 0 Å². The summed E-state index contributed by atoms with van der Waals surface area (Å²) < 4.78 is 1.72. The van der Waals surface area contributed by atoms with Crippen molar-refractivity contribution in [1.82, 2.24) is 19.7 Å². The number of H-pyrrole nitrogens is 1. The molecule has 0 aromatic carbocycles. The van der Waals surface area contributed by atoms with Crippen molar-refractivity contribution in [2.24, 2.45) is 13.0 Å². The molecule has 5 heteroatoms. The van der Waals surface area contributed by atoms with Gasteiger partial charge in [-0.1, -0.05) is 19.8 Å². The smallest absolute Gasteiger partial charge is 0.251 e. The molecule has 1 aliphatic carbocycles. The number of aromatic amines is 1. The molecule has 1 N–H and O–H groups in total. The molecule has 20 heavy (non-hydrogen) atoms. The van der Waals surface area contributed by atoms with Gasteiger partial charge in [-0.3, -0.25) is 9.48 Å². The molecule has 3 rings (SSSR count). The average Bonchev–Trinajstić information content (AvgIpc) is 2.85. The maximum atomic E-state index is 11.9. The summed E-state index contributed by atoms with van der Waals surface area (Å²) in [6.45, 7) is 2.29. The highest BCUT2D eigenvalue weighted by Gasteiger charge is 2.22. The Morgan fingerprint density at radius 2 is 2.00 bits per heavy atom. The fourth-order valence-corrected chi connectivity index (χ4v) is 2.89. The molecule has 0 unspecified atom stereocenters. The molecule has 0 amide bonds. The molecule has 0 radical (unpaired) electrons. The lowest BCUT2D eigenvalue weighted by Gasteiger charge is -2.25. The van der Waals surface area contributed by atoms with Crippen molar-refractivity contribution in [3.8, 4) is 11.4 Å². The van der Waals surface area contributed by atoms with Crippen molar-refractivity contribution in [3.63, 3.8) is 0 Å². The van der Waals surface area contributed by atoms with E-state index in [0.717, 1.165) is 30.3 Å². The predicted octanol–water partition coefficient (Wildman–Crippen LogP) is 2.46. The Kier molecular flexibility index (Phi) is 3.42. The van der Waals surface area contributed by atoms with Crippen LogP contribution in [0.4, 0.5) is 0 Å². The van der Waals surface area contributed by atoms with E-state index in [-0.39, 0.29) is 5.56 Å². The molecular formula is C15H20N4O. The van der Waals surface area contributed by atoms with E-state index in [4.69, 9.17) is 0 Å². The summed E-state index contributed by atoms with van der Waals surface area (Å²) in [6.07, 6.45) is 6.50. The molecule has 2 aromatic rings. The minimum absolute atomic E-state index is 0.0886. The summed E-state index contributed by atoms with van der Waals surface area (Å²) in [5.41, 5.74) is 1.33. The number of aromatic nitrogens is 4. The van der Waals surface area contributed by atoms with Crippen LogP contribution in [0.15, 0.2) is 23.1 Å². The lowest BCUT2D eigenvalue weighted by molar-refractivity contribution is 0.339. The first kappa shape index (κ1) is 13.1. The van der Waals surface area contributed by atoms with Crippen molar-refractivity contribution < 1.29 is 0 Å². The Labute approximate surface area is 118 Å². The number of nitrogens with zero attached hydrogens (tertiary/aromatic N) is 3. The molecule has 2 heterocycles. The zero-order valence-electron chi connectivity index (χ0n) is 12.0. The maximum absolute atomic E-state index is 11.9. The van der Waals surface area contributed by atoms with E-state index in [2.05, 4.69) is 22.0 Å². The molecule has 1 saturated carbocycles. The second kappa shape index (κ2) is 5.23. The average molecular weight is 272 g/mol. The van der Waals surface area contributed by atoms with E-state index in [9.17, 15) is 4.79 Å². The number of hydrogen-bond acceptors (Lipinski definition) is 3. The van der Waals surface area contributed by atoms with Crippen LogP contribution in [0.1, 0.15) is 44.3 Å². The molecule has 1 fully saturated rings. The SMILES string of the molecule is CC1CCC(c2nc(-c3ccn(C)n3)cc(=O)[nH]2)CC1. The number of nitrogens with one attached hydrogen (secondary N) is 1. The first-order valence-corrected chi connectivity index (χ1v) is 7.23. The van der Waals surface area contributed by atoms with Gasteiger partial charge in [-0.25, -0.2) is 4.98 Å². The summed E-state index contributed by atoms with van der Waals surface area (Å²) in [6, 6.07) is 3.41.